The van der Waals surface area contributed by atoms with Crippen LogP contribution in [0.25, 0.3) is 0 Å². The highest BCUT2D eigenvalue weighted by Crippen LogP contribution is 2.48. The van der Waals surface area contributed by atoms with Crippen LogP contribution in [0.3, 0.4) is 0 Å². The minimum absolute atomic E-state index is 0.0749. The van der Waals surface area contributed by atoms with Crippen LogP contribution < -0.4 is 4.74 Å². The van der Waals surface area contributed by atoms with Gasteiger partial charge in [-0.05, 0) is 43.0 Å². The van der Waals surface area contributed by atoms with E-state index in [1.54, 1.807) is 35.4 Å². The van der Waals surface area contributed by atoms with Gasteiger partial charge in [-0.1, -0.05) is 81.3 Å². The molecule has 0 saturated carbocycles. The summed E-state index contributed by atoms with van der Waals surface area (Å²) >= 11 is 0. The summed E-state index contributed by atoms with van der Waals surface area (Å²) in [6, 6.07) is 17.5. The van der Waals surface area contributed by atoms with E-state index in [9.17, 15) is 9.90 Å². The maximum Gasteiger partial charge on any atom is 0.314 e. The van der Waals surface area contributed by atoms with E-state index in [0.29, 0.717) is 13.0 Å². The van der Waals surface area contributed by atoms with Gasteiger partial charge < -0.3 is 38.3 Å². The van der Waals surface area contributed by atoms with E-state index < -0.39 is 30.0 Å². The van der Waals surface area contributed by atoms with Crippen molar-refractivity contribution in [3.63, 3.8) is 0 Å². The van der Waals surface area contributed by atoms with Crippen LogP contribution in [-0.4, -0.2) is 75.8 Å². The Balaban J connectivity index is 1.42. The summed E-state index contributed by atoms with van der Waals surface area (Å²) in [6.45, 7) is 6.27. The van der Waals surface area contributed by atoms with Gasteiger partial charge in [0.2, 0.25) is 5.79 Å². The van der Waals surface area contributed by atoms with Gasteiger partial charge in [0.15, 0.2) is 6.10 Å². The zero-order chi connectivity index (χ0) is 33.3. The maximum absolute atomic E-state index is 12.8. The van der Waals surface area contributed by atoms with Crippen LogP contribution in [0.4, 0.5) is 0 Å². The van der Waals surface area contributed by atoms with Gasteiger partial charge in [0.25, 0.3) is 0 Å². The Morgan fingerprint density at radius 2 is 1.63 bits per heavy atom. The van der Waals surface area contributed by atoms with Gasteiger partial charge in [0.1, 0.15) is 23.9 Å². The highest BCUT2D eigenvalue weighted by Gasteiger charge is 2.66. The number of aliphatic hydroxyl groups is 1. The highest BCUT2D eigenvalue weighted by molar-refractivity contribution is 5.76. The van der Waals surface area contributed by atoms with Crippen LogP contribution in [0.1, 0.15) is 63.7 Å². The molecule has 0 aromatic heterocycles. The van der Waals surface area contributed by atoms with Crippen molar-refractivity contribution in [2.45, 2.75) is 95.5 Å². The molecule has 46 heavy (non-hydrogen) atoms. The smallest absolute Gasteiger partial charge is 0.314 e. The van der Waals surface area contributed by atoms with Crippen LogP contribution >= 0.6 is 0 Å². The summed E-state index contributed by atoms with van der Waals surface area (Å²) in [4.78, 5) is 12.8. The third-order valence-corrected chi connectivity index (χ3v) is 9.64. The van der Waals surface area contributed by atoms with Crippen LogP contribution in [0.2, 0.25) is 0 Å². The number of rotatable bonds is 17. The van der Waals surface area contributed by atoms with E-state index in [1.165, 1.54) is 0 Å². The summed E-state index contributed by atoms with van der Waals surface area (Å²) in [5, 5.41) is 10.5. The van der Waals surface area contributed by atoms with E-state index in [4.69, 9.17) is 33.2 Å². The Labute approximate surface area is 274 Å². The van der Waals surface area contributed by atoms with Crippen LogP contribution in [0, 0.1) is 17.8 Å². The molecule has 4 rings (SSSR count). The summed E-state index contributed by atoms with van der Waals surface area (Å²) in [6.07, 6.45) is 4.99. The van der Waals surface area contributed by atoms with Gasteiger partial charge in [-0.2, -0.15) is 0 Å². The summed E-state index contributed by atoms with van der Waals surface area (Å²) < 4.78 is 42.0. The SMILES string of the molecule is COc1ccc(CO[C@H]2[C@H](C)[C@H]([C@@H](C)/C=C/[C@@H](OC)[C@H](CCCC[C@@H](O)c3ccccc3)OC)O[C@@]3(OC)[C@@H]2OC(=O)[C@@H]3C)cc1. The molecule has 2 aliphatic rings. The van der Waals surface area contributed by atoms with Crippen molar-refractivity contribution >= 4 is 5.97 Å². The van der Waals surface area contributed by atoms with Crippen molar-refractivity contribution in [2.75, 3.05) is 28.4 Å². The molecular formula is C37H52O9. The molecule has 254 valence electrons. The topological polar surface area (TPSA) is 102 Å². The number of fused-ring (bicyclic) bond motifs is 1. The minimum Gasteiger partial charge on any atom is -0.497 e. The molecule has 9 heteroatoms. The van der Waals surface area contributed by atoms with Gasteiger partial charge in [0.05, 0.1) is 32.0 Å². The van der Waals surface area contributed by atoms with E-state index in [1.807, 2.05) is 60.7 Å². The van der Waals surface area contributed by atoms with Crippen LogP contribution in [-0.2, 0) is 39.8 Å². The number of methoxy groups -OCH3 is 4. The Morgan fingerprint density at radius 1 is 0.935 bits per heavy atom. The number of hydrogen-bond acceptors (Lipinski definition) is 9. The number of carbonyl (C=O) groups is 1. The first-order valence-corrected chi connectivity index (χ1v) is 16.3. The first-order valence-electron chi connectivity index (χ1n) is 16.3. The third kappa shape index (κ3) is 8.19. The van der Waals surface area contributed by atoms with Crippen molar-refractivity contribution in [1.29, 1.82) is 0 Å². The zero-order valence-electron chi connectivity index (χ0n) is 28.3. The normalized spacial score (nSPS) is 28.8. The second-order valence-corrected chi connectivity index (χ2v) is 12.5. The molecule has 2 aromatic carbocycles. The monoisotopic (exact) mass is 640 g/mol. The highest BCUT2D eigenvalue weighted by atomic mass is 16.7. The minimum atomic E-state index is -1.26. The van der Waals surface area contributed by atoms with E-state index in [2.05, 4.69) is 19.9 Å². The average molecular weight is 641 g/mol. The lowest BCUT2D eigenvalue weighted by atomic mass is 9.79. The summed E-state index contributed by atoms with van der Waals surface area (Å²) in [5.74, 6) is -1.67. The Kier molecular flexibility index (Phi) is 13.2. The molecule has 2 saturated heterocycles. The molecule has 2 fully saturated rings. The fraction of sp³-hybridized carbons (Fsp3) is 0.595. The Bertz CT molecular complexity index is 1240. The van der Waals surface area contributed by atoms with Crippen LogP contribution in [0.5, 0.6) is 5.75 Å². The molecule has 9 nitrogen and oxygen atoms in total. The molecule has 2 aromatic rings. The summed E-state index contributed by atoms with van der Waals surface area (Å²) in [7, 11) is 6.57. The lowest BCUT2D eigenvalue weighted by Crippen LogP contribution is -2.63. The van der Waals surface area contributed by atoms with Crippen LogP contribution in [0.15, 0.2) is 66.7 Å². The van der Waals surface area contributed by atoms with E-state index >= 15 is 0 Å². The van der Waals surface area contributed by atoms with Gasteiger partial charge >= 0.3 is 5.97 Å². The lowest BCUT2D eigenvalue weighted by molar-refractivity contribution is -0.345. The largest absolute Gasteiger partial charge is 0.497 e. The predicted molar refractivity (Wildman–Crippen MR) is 174 cm³/mol. The molecule has 0 bridgehead atoms. The molecule has 0 spiro atoms. The molecule has 1 N–H and O–H groups in total. The Morgan fingerprint density at radius 3 is 2.26 bits per heavy atom. The second-order valence-electron chi connectivity index (χ2n) is 12.5. The molecule has 0 radical (unpaired) electrons. The van der Waals surface area contributed by atoms with Crippen molar-refractivity contribution in [1.82, 2.24) is 0 Å². The molecule has 2 heterocycles. The maximum atomic E-state index is 12.8. The second kappa shape index (κ2) is 16.9. The summed E-state index contributed by atoms with van der Waals surface area (Å²) in [5.41, 5.74) is 1.92. The molecule has 0 unspecified atom stereocenters. The molecule has 0 amide bonds. The number of carbonyl (C=O) groups excluding carboxylic acids is 1. The lowest BCUT2D eigenvalue weighted by Gasteiger charge is -2.49. The number of esters is 1. The van der Waals surface area contributed by atoms with Crippen molar-refractivity contribution in [3.05, 3.63) is 77.9 Å². The van der Waals surface area contributed by atoms with Crippen molar-refractivity contribution in [3.8, 4) is 5.75 Å². The quantitative estimate of drug-likeness (QED) is 0.126. The number of benzene rings is 2. The average Bonchev–Trinajstić information content (AvgIpc) is 3.34. The van der Waals surface area contributed by atoms with Gasteiger partial charge in [-0.15, -0.1) is 0 Å². The zero-order valence-corrected chi connectivity index (χ0v) is 28.3. The Hall–Kier alpha value is -2.79. The number of ether oxygens (including phenoxy) is 7. The van der Waals surface area contributed by atoms with Crippen molar-refractivity contribution < 1.29 is 43.1 Å². The molecular weight excluding hydrogens is 588 g/mol. The third-order valence-electron chi connectivity index (χ3n) is 9.64. The molecule has 10 atom stereocenters. The van der Waals surface area contributed by atoms with E-state index in [-0.39, 0.29) is 36.1 Å². The first kappa shape index (κ1) is 36.1. The number of hydrogen-bond donors (Lipinski definition) is 1. The van der Waals surface area contributed by atoms with E-state index in [0.717, 1.165) is 36.1 Å². The van der Waals surface area contributed by atoms with Gasteiger partial charge in [-0.25, -0.2) is 0 Å². The van der Waals surface area contributed by atoms with Crippen molar-refractivity contribution in [2.24, 2.45) is 17.8 Å². The number of aliphatic hydroxyl groups excluding tert-OH is 1. The van der Waals surface area contributed by atoms with Gasteiger partial charge in [-0.3, -0.25) is 4.79 Å². The number of unbranched alkanes of at least 4 members (excludes halogenated alkanes) is 1. The fourth-order valence-electron chi connectivity index (χ4n) is 6.74. The fourth-order valence-corrected chi connectivity index (χ4v) is 6.74. The predicted octanol–water partition coefficient (Wildman–Crippen LogP) is 6.04. The molecule has 0 aliphatic carbocycles. The molecule has 2 aliphatic heterocycles. The van der Waals surface area contributed by atoms with Gasteiger partial charge in [0, 0.05) is 33.2 Å². The first-order chi connectivity index (χ1) is 22.2. The standard InChI is InChI=1S/C37H52O9/c1-24(17-22-32(42-6)31(41-5)16-12-11-15-30(38)28-13-9-8-10-14-28)33-25(2)34(44-23-27-18-20-29(40-4)21-19-27)35-37(43-7,46-33)26(3)36(39)45-35/h8-10,13-14,17-22,24-26,30-35,38H,11-12,15-16,23H2,1-7H3/b22-17+/t24-,25+,26-,30+,31-,32+,33-,34-,35+,37+/m0/s1.